The van der Waals surface area contributed by atoms with Crippen LogP contribution in [0.25, 0.3) is 11.0 Å². The molecule has 7 nitrogen and oxygen atoms in total. The molecule has 2 fully saturated rings. The molecule has 1 amide bonds. The van der Waals surface area contributed by atoms with Gasteiger partial charge in [0.2, 0.25) is 5.91 Å². The number of rotatable bonds is 4. The maximum Gasteiger partial charge on any atom is 0.328 e. The van der Waals surface area contributed by atoms with Gasteiger partial charge in [0.15, 0.2) is 5.13 Å². The Morgan fingerprint density at radius 3 is 2.56 bits per heavy atom. The van der Waals surface area contributed by atoms with E-state index in [9.17, 15) is 9.59 Å². The third-order valence-corrected chi connectivity index (χ3v) is 8.09. The van der Waals surface area contributed by atoms with Crippen molar-refractivity contribution in [3.8, 4) is 0 Å². The monoisotopic (exact) mass is 473 g/mol. The molecule has 1 saturated carbocycles. The molecule has 0 atom stereocenters. The van der Waals surface area contributed by atoms with Crippen LogP contribution in [0.4, 0.5) is 5.13 Å². The third kappa shape index (κ3) is 4.06. The van der Waals surface area contributed by atoms with E-state index in [4.69, 9.17) is 11.6 Å². The van der Waals surface area contributed by atoms with Crippen molar-refractivity contribution in [1.29, 1.82) is 0 Å². The van der Waals surface area contributed by atoms with E-state index >= 15 is 0 Å². The van der Waals surface area contributed by atoms with E-state index in [0.717, 1.165) is 68.0 Å². The maximum atomic E-state index is 13.1. The van der Waals surface area contributed by atoms with Crippen LogP contribution in [0.2, 0.25) is 5.02 Å². The fourth-order valence-corrected chi connectivity index (χ4v) is 6.02. The fraction of sp³-hybridized carbons (Fsp3) is 0.522. The van der Waals surface area contributed by atoms with Gasteiger partial charge in [0.05, 0.1) is 11.0 Å². The Balaban J connectivity index is 1.18. The lowest BCUT2D eigenvalue weighted by Gasteiger charge is -2.37. The van der Waals surface area contributed by atoms with Crippen LogP contribution in [-0.4, -0.2) is 51.1 Å². The Morgan fingerprint density at radius 1 is 1.12 bits per heavy atom. The normalized spacial score (nSPS) is 21.9. The number of aromatic nitrogens is 3. The third-order valence-electron chi connectivity index (χ3n) is 7.03. The van der Waals surface area contributed by atoms with Crippen LogP contribution in [0, 0.1) is 11.8 Å². The summed E-state index contributed by atoms with van der Waals surface area (Å²) in [4.78, 5) is 34.6. The number of anilines is 1. The summed E-state index contributed by atoms with van der Waals surface area (Å²) in [5.41, 5.74) is 1.79. The van der Waals surface area contributed by atoms with Crippen molar-refractivity contribution in [3.63, 3.8) is 0 Å². The molecule has 1 saturated heterocycles. The number of nitrogens with zero attached hydrogens (tertiary/aromatic N) is 5. The first-order valence-corrected chi connectivity index (χ1v) is 12.5. The number of carbonyl (C=O) groups excluding carboxylic acids is 1. The number of benzene rings is 1. The van der Waals surface area contributed by atoms with Crippen LogP contribution in [-0.2, 0) is 18.4 Å². The number of aryl methyl sites for hydroxylation is 1. The molecular formula is C23H28ClN5O2S. The molecule has 1 aromatic carbocycles. The van der Waals surface area contributed by atoms with Crippen molar-refractivity contribution in [2.45, 2.75) is 32.2 Å². The lowest BCUT2D eigenvalue weighted by Crippen LogP contribution is -2.50. The second kappa shape index (κ2) is 8.90. The van der Waals surface area contributed by atoms with Gasteiger partial charge in [0, 0.05) is 62.3 Å². The van der Waals surface area contributed by atoms with Crippen molar-refractivity contribution in [1.82, 2.24) is 19.0 Å². The second-order valence-electron chi connectivity index (χ2n) is 8.93. The highest BCUT2D eigenvalue weighted by Gasteiger charge is 2.32. The maximum absolute atomic E-state index is 13.1. The highest BCUT2D eigenvalue weighted by atomic mass is 35.5. The van der Waals surface area contributed by atoms with E-state index in [1.807, 2.05) is 39.2 Å². The predicted octanol–water partition coefficient (Wildman–Crippen LogP) is 3.61. The molecule has 2 aliphatic rings. The molecule has 1 aliphatic heterocycles. The number of fused-ring (bicyclic) bond motifs is 1. The predicted molar refractivity (Wildman–Crippen MR) is 129 cm³/mol. The largest absolute Gasteiger partial charge is 0.345 e. The number of thiazole rings is 1. The van der Waals surface area contributed by atoms with Gasteiger partial charge in [0.25, 0.3) is 0 Å². The summed E-state index contributed by atoms with van der Waals surface area (Å²) >= 11 is 7.84. The zero-order valence-electron chi connectivity index (χ0n) is 18.2. The Labute approximate surface area is 196 Å². The summed E-state index contributed by atoms with van der Waals surface area (Å²) in [6.07, 6.45) is 5.57. The van der Waals surface area contributed by atoms with Gasteiger partial charge in [-0.15, -0.1) is 11.3 Å². The first-order chi connectivity index (χ1) is 15.5. The highest BCUT2D eigenvalue weighted by molar-refractivity contribution is 7.13. The lowest BCUT2D eigenvalue weighted by molar-refractivity contribution is -0.137. The first kappa shape index (κ1) is 21.5. The molecule has 0 unspecified atom stereocenters. The van der Waals surface area contributed by atoms with Gasteiger partial charge in [-0.05, 0) is 49.8 Å². The topological polar surface area (TPSA) is 63.4 Å². The summed E-state index contributed by atoms with van der Waals surface area (Å²) in [5, 5.41) is 3.68. The van der Waals surface area contributed by atoms with Crippen molar-refractivity contribution in [2.75, 3.05) is 31.1 Å². The van der Waals surface area contributed by atoms with Crippen LogP contribution in [0.3, 0.4) is 0 Å². The summed E-state index contributed by atoms with van der Waals surface area (Å²) < 4.78 is 3.54. The number of piperazine rings is 1. The Morgan fingerprint density at radius 2 is 1.88 bits per heavy atom. The number of hydrogen-bond donors (Lipinski definition) is 0. The molecule has 2 aromatic heterocycles. The van der Waals surface area contributed by atoms with E-state index in [1.165, 1.54) is 0 Å². The van der Waals surface area contributed by atoms with Gasteiger partial charge in [-0.2, -0.15) is 0 Å². The molecule has 32 heavy (non-hydrogen) atoms. The van der Waals surface area contributed by atoms with Gasteiger partial charge in [-0.3, -0.25) is 13.9 Å². The van der Waals surface area contributed by atoms with E-state index in [0.29, 0.717) is 23.4 Å². The van der Waals surface area contributed by atoms with Gasteiger partial charge in [-0.1, -0.05) is 11.6 Å². The molecule has 5 rings (SSSR count). The van der Waals surface area contributed by atoms with E-state index in [1.54, 1.807) is 23.0 Å². The summed E-state index contributed by atoms with van der Waals surface area (Å²) in [6.45, 7) is 3.92. The fourth-order valence-electron chi connectivity index (χ4n) is 5.16. The standard InChI is InChI=1S/C23H28ClN5O2S/c1-26-19-7-6-18(24)14-20(19)29(23(26)31)15-16-2-4-17(5-3-16)21(30)27-9-11-28(12-10-27)22-25-8-13-32-22/h6-8,13-14,16-17H,2-5,9-12,15H2,1H3. The number of hydrogen-bond acceptors (Lipinski definition) is 5. The first-order valence-electron chi connectivity index (χ1n) is 11.3. The number of amides is 1. The second-order valence-corrected chi connectivity index (χ2v) is 10.2. The smallest absolute Gasteiger partial charge is 0.328 e. The van der Waals surface area contributed by atoms with Crippen molar-refractivity contribution < 1.29 is 4.79 Å². The van der Waals surface area contributed by atoms with Crippen molar-refractivity contribution in [3.05, 3.63) is 45.3 Å². The van der Waals surface area contributed by atoms with Gasteiger partial charge in [0.1, 0.15) is 0 Å². The summed E-state index contributed by atoms with van der Waals surface area (Å²) in [5.74, 6) is 0.816. The number of carbonyl (C=O) groups is 1. The van der Waals surface area contributed by atoms with Gasteiger partial charge >= 0.3 is 5.69 Å². The summed E-state index contributed by atoms with van der Waals surface area (Å²) in [6, 6.07) is 5.60. The zero-order chi connectivity index (χ0) is 22.2. The molecule has 1 aliphatic carbocycles. The van der Waals surface area contributed by atoms with Crippen molar-refractivity contribution in [2.24, 2.45) is 18.9 Å². The molecule has 9 heteroatoms. The average molecular weight is 474 g/mol. The molecule has 0 bridgehead atoms. The highest BCUT2D eigenvalue weighted by Crippen LogP contribution is 2.32. The van der Waals surface area contributed by atoms with Gasteiger partial charge in [-0.25, -0.2) is 9.78 Å². The van der Waals surface area contributed by atoms with Crippen LogP contribution in [0.1, 0.15) is 25.7 Å². The van der Waals surface area contributed by atoms with Crippen molar-refractivity contribution >= 4 is 45.0 Å². The van der Waals surface area contributed by atoms with Crippen LogP contribution in [0.15, 0.2) is 34.6 Å². The van der Waals surface area contributed by atoms with Gasteiger partial charge < -0.3 is 9.80 Å². The van der Waals surface area contributed by atoms with E-state index in [2.05, 4.69) is 9.88 Å². The molecule has 0 N–H and O–H groups in total. The Kier molecular flexibility index (Phi) is 5.99. The number of imidazole rings is 1. The average Bonchev–Trinajstić information content (AvgIpc) is 3.43. The molecule has 0 spiro atoms. The van der Waals surface area contributed by atoms with Crippen LogP contribution >= 0.6 is 22.9 Å². The SMILES string of the molecule is Cn1c(=O)n(CC2CCC(C(=O)N3CCN(c4nccs4)CC3)CC2)c2cc(Cl)ccc21. The lowest BCUT2D eigenvalue weighted by atomic mass is 9.81. The molecule has 170 valence electrons. The quantitative estimate of drug-likeness (QED) is 0.580. The minimum Gasteiger partial charge on any atom is -0.345 e. The minimum atomic E-state index is -0.00133. The Hall–Kier alpha value is -2.32. The molecule has 0 radical (unpaired) electrons. The number of halogens is 1. The van der Waals surface area contributed by atoms with Crippen LogP contribution in [0.5, 0.6) is 0 Å². The zero-order valence-corrected chi connectivity index (χ0v) is 19.8. The van der Waals surface area contributed by atoms with Crippen LogP contribution < -0.4 is 10.6 Å². The molecule has 3 aromatic rings. The minimum absolute atomic E-state index is 0.00133. The van der Waals surface area contributed by atoms with E-state index in [-0.39, 0.29) is 11.6 Å². The molecular weight excluding hydrogens is 446 g/mol. The summed E-state index contributed by atoms with van der Waals surface area (Å²) in [7, 11) is 1.80. The molecule has 3 heterocycles. The van der Waals surface area contributed by atoms with E-state index < -0.39 is 0 Å². The Bertz CT molecular complexity index is 1160.